The van der Waals surface area contributed by atoms with Gasteiger partial charge in [-0.2, -0.15) is 13.2 Å². The summed E-state index contributed by atoms with van der Waals surface area (Å²) in [7, 11) is -4.00. The molecule has 1 aliphatic carbocycles. The van der Waals surface area contributed by atoms with Crippen molar-refractivity contribution in [2.75, 3.05) is 0 Å². The van der Waals surface area contributed by atoms with Gasteiger partial charge in [-0.1, -0.05) is 18.9 Å². The number of hydrogen-bond donors (Lipinski definition) is 1. The first-order chi connectivity index (χ1) is 10.1. The highest BCUT2D eigenvalue weighted by molar-refractivity contribution is 9.10. The highest BCUT2D eigenvalue weighted by atomic mass is 79.9. The van der Waals surface area contributed by atoms with Crippen molar-refractivity contribution in [1.82, 2.24) is 4.72 Å². The number of rotatable bonds is 3. The van der Waals surface area contributed by atoms with Crippen LogP contribution in [0.1, 0.15) is 31.2 Å². The number of hydrogen-bond acceptors (Lipinski definition) is 2. The largest absolute Gasteiger partial charge is 0.393 e. The fourth-order valence-corrected chi connectivity index (χ4v) is 5.25. The third-order valence-electron chi connectivity index (χ3n) is 3.87. The SMILES string of the molecule is Cc1ccc(S(=O)(=O)N[C@H]2CCCC[C@@H]2C(F)(F)F)c(Br)c1. The maximum absolute atomic E-state index is 13.1. The Kier molecular flexibility index (Phi) is 5.23. The van der Waals surface area contributed by atoms with Crippen LogP contribution in [0.15, 0.2) is 27.6 Å². The van der Waals surface area contributed by atoms with Gasteiger partial charge in [0, 0.05) is 10.5 Å². The second kappa shape index (κ2) is 6.49. The van der Waals surface area contributed by atoms with Gasteiger partial charge in [-0.15, -0.1) is 0 Å². The molecule has 124 valence electrons. The van der Waals surface area contributed by atoms with E-state index < -0.39 is 28.2 Å². The van der Waals surface area contributed by atoms with Gasteiger partial charge < -0.3 is 0 Å². The van der Waals surface area contributed by atoms with E-state index in [1.807, 2.05) is 0 Å². The van der Waals surface area contributed by atoms with Crippen LogP contribution < -0.4 is 4.72 Å². The minimum absolute atomic E-state index is 0.0360. The highest BCUT2D eigenvalue weighted by Gasteiger charge is 2.46. The summed E-state index contributed by atoms with van der Waals surface area (Å²) in [5, 5.41) is 0. The van der Waals surface area contributed by atoms with Gasteiger partial charge in [-0.3, -0.25) is 0 Å². The van der Waals surface area contributed by atoms with Crippen LogP contribution in [0.4, 0.5) is 13.2 Å². The molecule has 1 aromatic rings. The first kappa shape index (κ1) is 17.7. The van der Waals surface area contributed by atoms with Gasteiger partial charge in [-0.05, 0) is 53.4 Å². The lowest BCUT2D eigenvalue weighted by atomic mass is 9.85. The summed E-state index contributed by atoms with van der Waals surface area (Å²) in [6, 6.07) is 3.53. The first-order valence-electron chi connectivity index (χ1n) is 6.96. The molecule has 0 radical (unpaired) electrons. The molecule has 0 aliphatic heterocycles. The minimum Gasteiger partial charge on any atom is -0.207 e. The average Bonchev–Trinajstić information content (AvgIpc) is 2.36. The molecule has 0 unspecified atom stereocenters. The quantitative estimate of drug-likeness (QED) is 0.829. The van der Waals surface area contributed by atoms with E-state index in [4.69, 9.17) is 0 Å². The van der Waals surface area contributed by atoms with E-state index in [0.717, 1.165) is 5.56 Å². The zero-order valence-electron chi connectivity index (χ0n) is 12.0. The van der Waals surface area contributed by atoms with Crippen LogP contribution in [0.3, 0.4) is 0 Å². The van der Waals surface area contributed by atoms with E-state index in [9.17, 15) is 21.6 Å². The van der Waals surface area contributed by atoms with E-state index in [2.05, 4.69) is 20.7 Å². The highest BCUT2D eigenvalue weighted by Crippen LogP contribution is 2.38. The lowest BCUT2D eigenvalue weighted by Crippen LogP contribution is -2.47. The van der Waals surface area contributed by atoms with Crippen LogP contribution in [-0.2, 0) is 10.0 Å². The van der Waals surface area contributed by atoms with Gasteiger partial charge in [0.15, 0.2) is 0 Å². The second-order valence-corrected chi connectivity index (χ2v) is 8.13. The Labute approximate surface area is 136 Å². The van der Waals surface area contributed by atoms with Gasteiger partial charge in [0.05, 0.1) is 10.8 Å². The summed E-state index contributed by atoms with van der Waals surface area (Å²) in [6.07, 6.45) is -3.16. The molecule has 0 heterocycles. The van der Waals surface area contributed by atoms with Crippen LogP contribution in [0, 0.1) is 12.8 Å². The van der Waals surface area contributed by atoms with Crippen molar-refractivity contribution in [3.8, 4) is 0 Å². The molecule has 22 heavy (non-hydrogen) atoms. The van der Waals surface area contributed by atoms with E-state index in [1.54, 1.807) is 19.1 Å². The first-order valence-corrected chi connectivity index (χ1v) is 9.24. The Bertz CT molecular complexity index is 646. The molecule has 2 rings (SSSR count). The van der Waals surface area contributed by atoms with E-state index in [0.29, 0.717) is 17.3 Å². The van der Waals surface area contributed by atoms with Crippen molar-refractivity contribution in [3.05, 3.63) is 28.2 Å². The zero-order chi connectivity index (χ0) is 16.5. The predicted octanol–water partition coefficient (Wildman–Crippen LogP) is 4.16. The molecule has 0 bridgehead atoms. The van der Waals surface area contributed by atoms with Crippen molar-refractivity contribution in [3.63, 3.8) is 0 Å². The third kappa shape index (κ3) is 4.02. The number of benzene rings is 1. The van der Waals surface area contributed by atoms with Crippen molar-refractivity contribution >= 4 is 26.0 Å². The minimum atomic E-state index is -4.39. The predicted molar refractivity (Wildman–Crippen MR) is 81.0 cm³/mol. The number of alkyl halides is 3. The van der Waals surface area contributed by atoms with Crippen LogP contribution >= 0.6 is 15.9 Å². The summed E-state index contributed by atoms with van der Waals surface area (Å²) in [5.74, 6) is -1.62. The van der Waals surface area contributed by atoms with Gasteiger partial charge in [0.2, 0.25) is 10.0 Å². The molecule has 8 heteroatoms. The molecule has 1 saturated carbocycles. The van der Waals surface area contributed by atoms with E-state index >= 15 is 0 Å². The van der Waals surface area contributed by atoms with E-state index in [-0.39, 0.29) is 17.7 Å². The van der Waals surface area contributed by atoms with Crippen molar-refractivity contribution in [2.24, 2.45) is 5.92 Å². The molecule has 0 saturated heterocycles. The third-order valence-corrected chi connectivity index (χ3v) is 6.34. The molecule has 1 aliphatic rings. The smallest absolute Gasteiger partial charge is 0.207 e. The molecule has 2 atom stereocenters. The summed E-state index contributed by atoms with van der Waals surface area (Å²) >= 11 is 3.16. The van der Waals surface area contributed by atoms with Crippen molar-refractivity contribution in [2.45, 2.75) is 49.7 Å². The Morgan fingerprint density at radius 3 is 2.45 bits per heavy atom. The monoisotopic (exact) mass is 399 g/mol. The molecule has 0 amide bonds. The van der Waals surface area contributed by atoms with Crippen LogP contribution in [-0.4, -0.2) is 20.6 Å². The molecule has 1 fully saturated rings. The Balaban J connectivity index is 2.27. The fraction of sp³-hybridized carbons (Fsp3) is 0.571. The lowest BCUT2D eigenvalue weighted by Gasteiger charge is -2.33. The summed E-state index contributed by atoms with van der Waals surface area (Å²) in [4.78, 5) is -0.0374. The molecular formula is C14H17BrF3NO2S. The molecule has 1 N–H and O–H groups in total. The Morgan fingerprint density at radius 2 is 1.86 bits per heavy atom. The van der Waals surface area contributed by atoms with Crippen LogP contribution in [0.5, 0.6) is 0 Å². The normalized spacial score (nSPS) is 23.5. The molecule has 3 nitrogen and oxygen atoms in total. The van der Waals surface area contributed by atoms with Crippen LogP contribution in [0.2, 0.25) is 0 Å². The maximum atomic E-state index is 13.1. The number of halogens is 4. The number of sulfonamides is 1. The maximum Gasteiger partial charge on any atom is 0.393 e. The number of aryl methyl sites for hydroxylation is 1. The second-order valence-electron chi connectivity index (χ2n) is 5.59. The molecule has 1 aromatic carbocycles. The summed E-state index contributed by atoms with van der Waals surface area (Å²) in [5.41, 5.74) is 0.858. The van der Waals surface area contributed by atoms with Crippen molar-refractivity contribution in [1.29, 1.82) is 0 Å². The van der Waals surface area contributed by atoms with Crippen molar-refractivity contribution < 1.29 is 21.6 Å². The number of nitrogens with one attached hydrogen (secondary N) is 1. The van der Waals surface area contributed by atoms with Crippen LogP contribution in [0.25, 0.3) is 0 Å². The molecule has 0 aromatic heterocycles. The summed E-state index contributed by atoms with van der Waals surface area (Å²) in [6.45, 7) is 1.80. The standard InChI is InChI=1S/C14H17BrF3NO2S/c1-9-6-7-13(11(15)8-9)22(20,21)19-12-5-3-2-4-10(12)14(16,17)18/h6-8,10,12,19H,2-5H2,1H3/t10-,12-/m0/s1. The fourth-order valence-electron chi connectivity index (χ4n) is 2.75. The Morgan fingerprint density at radius 1 is 1.23 bits per heavy atom. The van der Waals surface area contributed by atoms with Gasteiger partial charge in [0.1, 0.15) is 0 Å². The zero-order valence-corrected chi connectivity index (χ0v) is 14.4. The topological polar surface area (TPSA) is 46.2 Å². The average molecular weight is 400 g/mol. The van der Waals surface area contributed by atoms with E-state index in [1.165, 1.54) is 6.07 Å². The molecule has 0 spiro atoms. The van der Waals surface area contributed by atoms with Gasteiger partial charge >= 0.3 is 6.18 Å². The summed E-state index contributed by atoms with van der Waals surface area (Å²) < 4.78 is 66.6. The Hall–Kier alpha value is -0.600. The molecular weight excluding hydrogens is 383 g/mol. The van der Waals surface area contributed by atoms with Gasteiger partial charge in [-0.25, -0.2) is 13.1 Å². The lowest BCUT2D eigenvalue weighted by molar-refractivity contribution is -0.187. The van der Waals surface area contributed by atoms with Gasteiger partial charge in [0.25, 0.3) is 0 Å².